The van der Waals surface area contributed by atoms with E-state index in [0.717, 1.165) is 38.6 Å². The Bertz CT molecular complexity index is 319. The number of nitrogens with two attached hydrogens (primary N) is 1. The quantitative estimate of drug-likeness (QED) is 0.853. The molecule has 2 saturated carbocycles. The molecule has 2 N–H and O–H groups in total. The standard InChI is InChI=1S/C16H30N2O/c1-4-18(13-9-7-12(17)8-10-13)15(19)14-6-5-11-16(14,2)3/h12-14H,4-11,17H2,1-3H3. The van der Waals surface area contributed by atoms with Crippen molar-refractivity contribution in [2.75, 3.05) is 6.54 Å². The summed E-state index contributed by atoms with van der Waals surface area (Å²) in [4.78, 5) is 15.0. The molecule has 2 aliphatic carbocycles. The highest BCUT2D eigenvalue weighted by Crippen LogP contribution is 2.44. The van der Waals surface area contributed by atoms with Crippen molar-refractivity contribution in [2.45, 2.75) is 77.8 Å². The van der Waals surface area contributed by atoms with Gasteiger partial charge < -0.3 is 10.6 Å². The van der Waals surface area contributed by atoms with Gasteiger partial charge in [-0.25, -0.2) is 0 Å². The van der Waals surface area contributed by atoms with Gasteiger partial charge >= 0.3 is 0 Å². The smallest absolute Gasteiger partial charge is 0.226 e. The van der Waals surface area contributed by atoms with E-state index in [1.54, 1.807) is 0 Å². The minimum absolute atomic E-state index is 0.190. The van der Waals surface area contributed by atoms with Gasteiger partial charge in [0.25, 0.3) is 0 Å². The van der Waals surface area contributed by atoms with Crippen LogP contribution in [0.4, 0.5) is 0 Å². The molecule has 0 aromatic heterocycles. The first-order valence-electron chi connectivity index (χ1n) is 8.01. The summed E-state index contributed by atoms with van der Waals surface area (Å²) in [6, 6.07) is 0.793. The normalized spacial score (nSPS) is 34.2. The van der Waals surface area contributed by atoms with E-state index < -0.39 is 0 Å². The van der Waals surface area contributed by atoms with E-state index >= 15 is 0 Å². The molecule has 0 aliphatic heterocycles. The van der Waals surface area contributed by atoms with Crippen LogP contribution in [0.15, 0.2) is 0 Å². The number of nitrogens with zero attached hydrogens (tertiary/aromatic N) is 1. The highest BCUT2D eigenvalue weighted by molar-refractivity contribution is 5.80. The summed E-state index contributed by atoms with van der Waals surface area (Å²) in [6.45, 7) is 7.49. The Hall–Kier alpha value is -0.570. The van der Waals surface area contributed by atoms with Crippen LogP contribution in [-0.4, -0.2) is 29.4 Å². The van der Waals surface area contributed by atoms with E-state index in [4.69, 9.17) is 5.73 Å². The predicted octanol–water partition coefficient (Wildman–Crippen LogP) is 2.93. The first-order valence-corrected chi connectivity index (χ1v) is 8.01. The van der Waals surface area contributed by atoms with E-state index in [2.05, 4.69) is 25.7 Å². The third-order valence-corrected chi connectivity index (χ3v) is 5.36. The molecule has 0 heterocycles. The van der Waals surface area contributed by atoms with Crippen LogP contribution in [0.25, 0.3) is 0 Å². The molecule has 2 fully saturated rings. The van der Waals surface area contributed by atoms with Gasteiger partial charge in [-0.1, -0.05) is 20.3 Å². The summed E-state index contributed by atoms with van der Waals surface area (Å²) in [7, 11) is 0. The predicted molar refractivity (Wildman–Crippen MR) is 78.7 cm³/mol. The van der Waals surface area contributed by atoms with Crippen LogP contribution in [0.5, 0.6) is 0 Å². The second-order valence-electron chi connectivity index (χ2n) is 7.13. The Morgan fingerprint density at radius 2 is 1.84 bits per heavy atom. The fourth-order valence-corrected chi connectivity index (χ4v) is 3.99. The van der Waals surface area contributed by atoms with E-state index in [0.29, 0.717) is 18.0 Å². The Labute approximate surface area is 117 Å². The van der Waals surface area contributed by atoms with Crippen LogP contribution < -0.4 is 5.73 Å². The summed E-state index contributed by atoms with van der Waals surface area (Å²) in [5.74, 6) is 0.647. The molecule has 3 heteroatoms. The molecule has 1 amide bonds. The zero-order chi connectivity index (χ0) is 14.0. The summed E-state index contributed by atoms with van der Waals surface area (Å²) in [5, 5.41) is 0. The van der Waals surface area contributed by atoms with Gasteiger partial charge in [0, 0.05) is 24.5 Å². The van der Waals surface area contributed by atoms with Gasteiger partial charge in [0.05, 0.1) is 0 Å². The molecular weight excluding hydrogens is 236 g/mol. The monoisotopic (exact) mass is 266 g/mol. The Morgan fingerprint density at radius 3 is 2.32 bits per heavy atom. The SMILES string of the molecule is CCN(C(=O)C1CCCC1(C)C)C1CCC(N)CC1. The lowest BCUT2D eigenvalue weighted by molar-refractivity contribution is -0.141. The van der Waals surface area contributed by atoms with E-state index in [1.807, 2.05) is 0 Å². The van der Waals surface area contributed by atoms with Crippen molar-refractivity contribution in [1.29, 1.82) is 0 Å². The number of rotatable bonds is 3. The average molecular weight is 266 g/mol. The highest BCUT2D eigenvalue weighted by atomic mass is 16.2. The van der Waals surface area contributed by atoms with Crippen LogP contribution in [0.3, 0.4) is 0 Å². The van der Waals surface area contributed by atoms with Crippen molar-refractivity contribution < 1.29 is 4.79 Å². The summed E-state index contributed by atoms with van der Waals surface area (Å²) >= 11 is 0. The van der Waals surface area contributed by atoms with Gasteiger partial charge in [0.1, 0.15) is 0 Å². The fraction of sp³-hybridized carbons (Fsp3) is 0.938. The Balaban J connectivity index is 2.03. The minimum atomic E-state index is 0.190. The van der Waals surface area contributed by atoms with Crippen molar-refractivity contribution in [3.63, 3.8) is 0 Å². The van der Waals surface area contributed by atoms with Crippen molar-refractivity contribution >= 4 is 5.91 Å². The van der Waals surface area contributed by atoms with Gasteiger partial charge in [0.2, 0.25) is 5.91 Å². The maximum atomic E-state index is 12.9. The van der Waals surface area contributed by atoms with E-state index in [9.17, 15) is 4.79 Å². The number of hydrogen-bond acceptors (Lipinski definition) is 2. The van der Waals surface area contributed by atoms with Gasteiger partial charge in [0.15, 0.2) is 0 Å². The molecule has 110 valence electrons. The summed E-state index contributed by atoms with van der Waals surface area (Å²) in [6.07, 6.45) is 7.80. The van der Waals surface area contributed by atoms with Crippen LogP contribution in [0.1, 0.15) is 65.7 Å². The summed E-state index contributed by atoms with van der Waals surface area (Å²) in [5.41, 5.74) is 6.17. The van der Waals surface area contributed by atoms with Gasteiger partial charge in [-0.05, 0) is 50.9 Å². The second-order valence-corrected chi connectivity index (χ2v) is 7.13. The fourth-order valence-electron chi connectivity index (χ4n) is 3.99. The molecule has 0 spiro atoms. The van der Waals surface area contributed by atoms with Crippen molar-refractivity contribution in [2.24, 2.45) is 17.1 Å². The van der Waals surface area contributed by atoms with E-state index in [1.165, 1.54) is 12.8 Å². The highest BCUT2D eigenvalue weighted by Gasteiger charge is 2.42. The maximum absolute atomic E-state index is 12.9. The molecule has 0 saturated heterocycles. The number of carbonyl (C=O) groups is 1. The van der Waals surface area contributed by atoms with Crippen molar-refractivity contribution in [1.82, 2.24) is 4.90 Å². The molecule has 0 bridgehead atoms. The number of carbonyl (C=O) groups excluding carboxylic acids is 1. The summed E-state index contributed by atoms with van der Waals surface area (Å²) < 4.78 is 0. The first-order chi connectivity index (χ1) is 8.95. The van der Waals surface area contributed by atoms with Gasteiger partial charge in [-0.15, -0.1) is 0 Å². The van der Waals surface area contributed by atoms with Gasteiger partial charge in [-0.3, -0.25) is 4.79 Å². The van der Waals surface area contributed by atoms with Gasteiger partial charge in [-0.2, -0.15) is 0 Å². The Kier molecular flexibility index (Phi) is 4.54. The third kappa shape index (κ3) is 3.13. The topological polar surface area (TPSA) is 46.3 Å². The molecule has 2 rings (SSSR count). The molecule has 1 atom stereocenters. The van der Waals surface area contributed by atoms with E-state index in [-0.39, 0.29) is 11.3 Å². The van der Waals surface area contributed by atoms with Crippen molar-refractivity contribution in [3.05, 3.63) is 0 Å². The number of amides is 1. The van der Waals surface area contributed by atoms with Crippen molar-refractivity contribution in [3.8, 4) is 0 Å². The Morgan fingerprint density at radius 1 is 1.21 bits per heavy atom. The molecule has 19 heavy (non-hydrogen) atoms. The largest absolute Gasteiger partial charge is 0.340 e. The molecule has 3 nitrogen and oxygen atoms in total. The lowest BCUT2D eigenvalue weighted by Gasteiger charge is -2.39. The van der Waals surface area contributed by atoms with Crippen LogP contribution >= 0.6 is 0 Å². The average Bonchev–Trinajstić information content (AvgIpc) is 2.72. The lowest BCUT2D eigenvalue weighted by Crippen LogP contribution is -2.48. The molecule has 2 aliphatic rings. The lowest BCUT2D eigenvalue weighted by atomic mass is 9.80. The molecular formula is C16H30N2O. The molecule has 1 unspecified atom stereocenters. The minimum Gasteiger partial charge on any atom is -0.340 e. The zero-order valence-corrected chi connectivity index (χ0v) is 12.8. The maximum Gasteiger partial charge on any atom is 0.226 e. The number of hydrogen-bond donors (Lipinski definition) is 1. The third-order valence-electron chi connectivity index (χ3n) is 5.36. The first kappa shape index (κ1) is 14.8. The van der Waals surface area contributed by atoms with Crippen LogP contribution in [0.2, 0.25) is 0 Å². The second kappa shape index (κ2) is 5.82. The molecule has 0 aromatic rings. The molecule has 0 radical (unpaired) electrons. The van der Waals surface area contributed by atoms with Crippen LogP contribution in [-0.2, 0) is 4.79 Å². The zero-order valence-electron chi connectivity index (χ0n) is 12.8. The molecule has 0 aromatic carbocycles. The van der Waals surface area contributed by atoms with Crippen LogP contribution in [0, 0.1) is 11.3 Å².